The van der Waals surface area contributed by atoms with Crippen LogP contribution in [0.1, 0.15) is 24.2 Å². The number of piperidine rings is 1. The van der Waals surface area contributed by atoms with Gasteiger partial charge < -0.3 is 14.2 Å². The first-order valence-electron chi connectivity index (χ1n) is 7.35. The maximum absolute atomic E-state index is 12.2. The number of nitrogens with zero attached hydrogens (tertiary/aromatic N) is 1. The Balaban J connectivity index is 1.49. The van der Waals surface area contributed by atoms with Gasteiger partial charge in [0.25, 0.3) is 0 Å². The van der Waals surface area contributed by atoms with Gasteiger partial charge in [0.15, 0.2) is 0 Å². The first-order valence-corrected chi connectivity index (χ1v) is 7.35. The van der Waals surface area contributed by atoms with Crippen LogP contribution in [0.15, 0.2) is 45.8 Å². The van der Waals surface area contributed by atoms with Gasteiger partial charge in [0, 0.05) is 18.7 Å². The van der Waals surface area contributed by atoms with Crippen molar-refractivity contribution in [1.82, 2.24) is 10.2 Å². The van der Waals surface area contributed by atoms with E-state index in [2.05, 4.69) is 10.2 Å². The molecule has 5 nitrogen and oxygen atoms in total. The quantitative estimate of drug-likeness (QED) is 0.918. The predicted molar refractivity (Wildman–Crippen MR) is 77.3 cm³/mol. The molecule has 0 spiro atoms. The molecule has 3 rings (SSSR count). The Labute approximate surface area is 123 Å². The zero-order valence-corrected chi connectivity index (χ0v) is 12.0. The Bertz CT molecular complexity index is 548. The third-order valence-electron chi connectivity index (χ3n) is 3.88. The van der Waals surface area contributed by atoms with Crippen LogP contribution in [0.25, 0.3) is 0 Å². The van der Waals surface area contributed by atoms with Gasteiger partial charge in [-0.1, -0.05) is 0 Å². The van der Waals surface area contributed by atoms with Crippen molar-refractivity contribution in [1.29, 1.82) is 0 Å². The van der Waals surface area contributed by atoms with Crippen molar-refractivity contribution in [2.45, 2.75) is 25.9 Å². The standard InChI is InChI=1S/C16H20N2O3/c19-16(17-9-13-5-8-20-12-13)14-3-1-6-18(10-14)11-15-4-2-7-21-15/h2,4-5,7-8,12,14H,1,3,6,9-11H2,(H,17,19). The highest BCUT2D eigenvalue weighted by atomic mass is 16.3. The number of hydrogen-bond acceptors (Lipinski definition) is 4. The largest absolute Gasteiger partial charge is 0.472 e. The molecule has 1 N–H and O–H groups in total. The first-order chi connectivity index (χ1) is 10.3. The summed E-state index contributed by atoms with van der Waals surface area (Å²) in [6.45, 7) is 3.12. The van der Waals surface area contributed by atoms with E-state index in [1.807, 2.05) is 18.2 Å². The van der Waals surface area contributed by atoms with E-state index >= 15 is 0 Å². The van der Waals surface area contributed by atoms with E-state index in [0.717, 1.165) is 43.8 Å². The van der Waals surface area contributed by atoms with Crippen molar-refractivity contribution in [2.24, 2.45) is 5.92 Å². The third-order valence-corrected chi connectivity index (χ3v) is 3.88. The van der Waals surface area contributed by atoms with E-state index in [9.17, 15) is 4.79 Å². The summed E-state index contributed by atoms with van der Waals surface area (Å²) in [7, 11) is 0. The number of nitrogens with one attached hydrogen (secondary N) is 1. The van der Waals surface area contributed by atoms with Crippen LogP contribution in [0.4, 0.5) is 0 Å². The van der Waals surface area contributed by atoms with Gasteiger partial charge in [0.2, 0.25) is 5.91 Å². The molecule has 3 heterocycles. The Morgan fingerprint density at radius 1 is 1.38 bits per heavy atom. The molecule has 1 saturated heterocycles. The van der Waals surface area contributed by atoms with Crippen molar-refractivity contribution in [3.63, 3.8) is 0 Å². The molecular weight excluding hydrogens is 268 g/mol. The number of hydrogen-bond donors (Lipinski definition) is 1. The highest BCUT2D eigenvalue weighted by molar-refractivity contribution is 5.78. The number of furan rings is 2. The van der Waals surface area contributed by atoms with E-state index in [0.29, 0.717) is 6.54 Å². The lowest BCUT2D eigenvalue weighted by molar-refractivity contribution is -0.127. The number of carbonyl (C=O) groups excluding carboxylic acids is 1. The average molecular weight is 288 g/mol. The van der Waals surface area contributed by atoms with Crippen molar-refractivity contribution in [2.75, 3.05) is 13.1 Å². The molecule has 0 radical (unpaired) electrons. The fourth-order valence-electron chi connectivity index (χ4n) is 2.76. The smallest absolute Gasteiger partial charge is 0.224 e. The van der Waals surface area contributed by atoms with Crippen molar-refractivity contribution < 1.29 is 13.6 Å². The minimum absolute atomic E-state index is 0.0561. The SMILES string of the molecule is O=C(NCc1ccoc1)C1CCCN(Cc2ccco2)C1. The molecule has 1 amide bonds. The second kappa shape index (κ2) is 6.63. The van der Waals surface area contributed by atoms with Crippen LogP contribution in [0.5, 0.6) is 0 Å². The van der Waals surface area contributed by atoms with Crippen LogP contribution in [0.2, 0.25) is 0 Å². The van der Waals surface area contributed by atoms with E-state index in [1.165, 1.54) is 0 Å². The maximum Gasteiger partial charge on any atom is 0.224 e. The van der Waals surface area contributed by atoms with E-state index in [4.69, 9.17) is 8.83 Å². The molecule has 5 heteroatoms. The number of likely N-dealkylation sites (tertiary alicyclic amines) is 1. The molecule has 0 aromatic carbocycles. The first kappa shape index (κ1) is 13.9. The molecule has 1 fully saturated rings. The van der Waals surface area contributed by atoms with Gasteiger partial charge in [-0.2, -0.15) is 0 Å². The van der Waals surface area contributed by atoms with Gasteiger partial charge >= 0.3 is 0 Å². The van der Waals surface area contributed by atoms with Gasteiger partial charge in [-0.25, -0.2) is 0 Å². The topological polar surface area (TPSA) is 58.6 Å². The molecule has 0 bridgehead atoms. The van der Waals surface area contributed by atoms with Gasteiger partial charge in [-0.15, -0.1) is 0 Å². The third kappa shape index (κ3) is 3.76. The zero-order chi connectivity index (χ0) is 14.5. The Morgan fingerprint density at radius 2 is 2.33 bits per heavy atom. The molecule has 1 aliphatic rings. The molecule has 0 aliphatic carbocycles. The molecule has 1 atom stereocenters. The molecule has 0 saturated carbocycles. The summed E-state index contributed by atoms with van der Waals surface area (Å²) in [6.07, 6.45) is 6.96. The second-order valence-electron chi connectivity index (χ2n) is 5.50. The average Bonchev–Trinajstić information content (AvgIpc) is 3.18. The van der Waals surface area contributed by atoms with Crippen LogP contribution in [-0.2, 0) is 17.9 Å². The maximum atomic E-state index is 12.2. The van der Waals surface area contributed by atoms with Crippen LogP contribution in [0.3, 0.4) is 0 Å². The molecule has 1 unspecified atom stereocenters. The van der Waals surface area contributed by atoms with Gasteiger partial charge in [0.05, 0.1) is 31.3 Å². The number of amides is 1. The Hall–Kier alpha value is -2.01. The summed E-state index contributed by atoms with van der Waals surface area (Å²) in [5.41, 5.74) is 0.992. The summed E-state index contributed by atoms with van der Waals surface area (Å²) in [5.74, 6) is 1.13. The van der Waals surface area contributed by atoms with Crippen LogP contribution in [-0.4, -0.2) is 23.9 Å². The zero-order valence-electron chi connectivity index (χ0n) is 12.0. The summed E-state index contributed by atoms with van der Waals surface area (Å²) >= 11 is 0. The highest BCUT2D eigenvalue weighted by Gasteiger charge is 2.26. The summed E-state index contributed by atoms with van der Waals surface area (Å²) in [6, 6.07) is 5.74. The van der Waals surface area contributed by atoms with E-state index < -0.39 is 0 Å². The van der Waals surface area contributed by atoms with E-state index in [1.54, 1.807) is 18.8 Å². The fraction of sp³-hybridized carbons (Fsp3) is 0.438. The predicted octanol–water partition coefficient (Wildman–Crippen LogP) is 2.40. The van der Waals surface area contributed by atoms with Gasteiger partial charge in [-0.05, 0) is 37.6 Å². The minimum atomic E-state index is 0.0561. The van der Waals surface area contributed by atoms with Crippen molar-refractivity contribution in [3.05, 3.63) is 48.3 Å². The lowest BCUT2D eigenvalue weighted by Crippen LogP contribution is -2.42. The van der Waals surface area contributed by atoms with Crippen LogP contribution >= 0.6 is 0 Å². The Kier molecular flexibility index (Phi) is 4.40. The molecule has 2 aromatic rings. The second-order valence-corrected chi connectivity index (χ2v) is 5.50. The monoisotopic (exact) mass is 288 g/mol. The number of carbonyl (C=O) groups is 1. The van der Waals surface area contributed by atoms with Crippen molar-refractivity contribution >= 4 is 5.91 Å². The summed E-state index contributed by atoms with van der Waals surface area (Å²) < 4.78 is 10.4. The van der Waals surface area contributed by atoms with Gasteiger partial charge in [-0.3, -0.25) is 9.69 Å². The number of rotatable bonds is 5. The Morgan fingerprint density at radius 3 is 3.10 bits per heavy atom. The van der Waals surface area contributed by atoms with Crippen LogP contribution in [0, 0.1) is 5.92 Å². The molecule has 21 heavy (non-hydrogen) atoms. The fourth-order valence-corrected chi connectivity index (χ4v) is 2.76. The lowest BCUT2D eigenvalue weighted by atomic mass is 9.97. The van der Waals surface area contributed by atoms with Crippen molar-refractivity contribution in [3.8, 4) is 0 Å². The van der Waals surface area contributed by atoms with Crippen LogP contribution < -0.4 is 5.32 Å². The molecule has 1 aliphatic heterocycles. The highest BCUT2D eigenvalue weighted by Crippen LogP contribution is 2.19. The lowest BCUT2D eigenvalue weighted by Gasteiger charge is -2.31. The molecular formula is C16H20N2O3. The minimum Gasteiger partial charge on any atom is -0.472 e. The molecule has 2 aromatic heterocycles. The summed E-state index contributed by atoms with van der Waals surface area (Å²) in [4.78, 5) is 14.5. The normalized spacial score (nSPS) is 19.5. The summed E-state index contributed by atoms with van der Waals surface area (Å²) in [5, 5.41) is 2.99. The van der Waals surface area contributed by atoms with Gasteiger partial charge in [0.1, 0.15) is 5.76 Å². The molecule has 112 valence electrons. The van der Waals surface area contributed by atoms with E-state index in [-0.39, 0.29) is 11.8 Å².